The van der Waals surface area contributed by atoms with Gasteiger partial charge in [-0.2, -0.15) is 11.8 Å². The zero-order valence-electron chi connectivity index (χ0n) is 12.1. The van der Waals surface area contributed by atoms with E-state index in [0.717, 1.165) is 12.1 Å². The Morgan fingerprint density at radius 2 is 2.00 bits per heavy atom. The van der Waals surface area contributed by atoms with Crippen molar-refractivity contribution in [1.82, 2.24) is 4.90 Å². The van der Waals surface area contributed by atoms with Crippen LogP contribution in [0.25, 0.3) is 0 Å². The molecule has 0 radical (unpaired) electrons. The smallest absolute Gasteiger partial charge is 0.164 e. The second-order valence-corrected chi connectivity index (χ2v) is 6.70. The van der Waals surface area contributed by atoms with Crippen molar-refractivity contribution in [3.8, 4) is 0 Å². The van der Waals surface area contributed by atoms with Gasteiger partial charge in [0.2, 0.25) is 0 Å². The SMILES string of the molecule is Cc1cc(C)cc(C(=O)CCN(C)C2CCSC2)c1. The van der Waals surface area contributed by atoms with E-state index in [1.165, 1.54) is 29.1 Å². The molecule has 0 spiro atoms. The normalized spacial score (nSPS) is 19.1. The van der Waals surface area contributed by atoms with Gasteiger partial charge >= 0.3 is 0 Å². The Morgan fingerprint density at radius 3 is 2.58 bits per heavy atom. The van der Waals surface area contributed by atoms with Crippen molar-refractivity contribution < 1.29 is 4.79 Å². The van der Waals surface area contributed by atoms with E-state index < -0.39 is 0 Å². The fourth-order valence-corrected chi connectivity index (χ4v) is 3.91. The molecule has 1 unspecified atom stereocenters. The third-order valence-corrected chi connectivity index (χ3v) is 4.91. The molecule has 0 aliphatic carbocycles. The topological polar surface area (TPSA) is 20.3 Å². The highest BCUT2D eigenvalue weighted by Gasteiger charge is 2.20. The summed E-state index contributed by atoms with van der Waals surface area (Å²) in [5, 5.41) is 0. The fraction of sp³-hybridized carbons (Fsp3) is 0.562. The Balaban J connectivity index is 1.89. The molecule has 0 aromatic heterocycles. The van der Waals surface area contributed by atoms with Gasteiger partial charge in [-0.15, -0.1) is 0 Å². The molecule has 0 N–H and O–H groups in total. The summed E-state index contributed by atoms with van der Waals surface area (Å²) in [5.74, 6) is 2.75. The molecule has 1 aliphatic heterocycles. The standard InChI is InChI=1S/C16H23NOS/c1-12-8-13(2)10-14(9-12)16(18)4-6-17(3)15-5-7-19-11-15/h8-10,15H,4-7,11H2,1-3H3. The monoisotopic (exact) mass is 277 g/mol. The first-order chi connectivity index (χ1) is 9.06. The minimum Gasteiger partial charge on any atom is -0.302 e. The van der Waals surface area contributed by atoms with E-state index in [2.05, 4.69) is 18.0 Å². The number of nitrogens with zero attached hydrogens (tertiary/aromatic N) is 1. The van der Waals surface area contributed by atoms with E-state index in [4.69, 9.17) is 0 Å². The van der Waals surface area contributed by atoms with Gasteiger partial charge in [0.05, 0.1) is 0 Å². The average Bonchev–Trinajstić information content (AvgIpc) is 2.88. The van der Waals surface area contributed by atoms with Crippen LogP contribution in [0.3, 0.4) is 0 Å². The lowest BCUT2D eigenvalue weighted by Crippen LogP contribution is -2.33. The van der Waals surface area contributed by atoms with Crippen LogP contribution >= 0.6 is 11.8 Å². The molecular weight excluding hydrogens is 254 g/mol. The molecule has 1 aliphatic rings. The largest absolute Gasteiger partial charge is 0.302 e. The number of ketones is 1. The molecule has 1 aromatic rings. The molecule has 104 valence electrons. The van der Waals surface area contributed by atoms with Crippen LogP contribution in [-0.4, -0.2) is 41.8 Å². The second-order valence-electron chi connectivity index (χ2n) is 5.55. The zero-order valence-corrected chi connectivity index (χ0v) is 12.9. The fourth-order valence-electron chi connectivity index (χ4n) is 2.61. The van der Waals surface area contributed by atoms with Crippen LogP contribution in [0.15, 0.2) is 18.2 Å². The molecule has 0 amide bonds. The van der Waals surface area contributed by atoms with E-state index in [0.29, 0.717) is 12.5 Å². The summed E-state index contributed by atoms with van der Waals surface area (Å²) in [5.41, 5.74) is 3.21. The van der Waals surface area contributed by atoms with E-state index in [1.54, 1.807) is 0 Å². The van der Waals surface area contributed by atoms with Gasteiger partial charge < -0.3 is 4.90 Å². The van der Waals surface area contributed by atoms with E-state index >= 15 is 0 Å². The summed E-state index contributed by atoms with van der Waals surface area (Å²) in [7, 11) is 2.14. The molecule has 1 aromatic carbocycles. The molecule has 2 rings (SSSR count). The number of Topliss-reactive ketones (excluding diaryl/α,β-unsaturated/α-hetero) is 1. The molecule has 0 bridgehead atoms. The number of hydrogen-bond donors (Lipinski definition) is 0. The van der Waals surface area contributed by atoms with Gasteiger partial charge in [0.15, 0.2) is 5.78 Å². The number of thioether (sulfide) groups is 1. The maximum absolute atomic E-state index is 12.2. The predicted molar refractivity (Wildman–Crippen MR) is 83.2 cm³/mol. The number of aryl methyl sites for hydroxylation is 2. The summed E-state index contributed by atoms with van der Waals surface area (Å²) < 4.78 is 0. The molecule has 0 saturated carbocycles. The van der Waals surface area contributed by atoms with Crippen LogP contribution in [0.4, 0.5) is 0 Å². The van der Waals surface area contributed by atoms with Crippen molar-refractivity contribution in [1.29, 1.82) is 0 Å². The highest BCUT2D eigenvalue weighted by Crippen LogP contribution is 2.21. The maximum Gasteiger partial charge on any atom is 0.164 e. The van der Waals surface area contributed by atoms with Crippen LogP contribution in [0, 0.1) is 13.8 Å². The number of carbonyl (C=O) groups is 1. The number of rotatable bonds is 5. The van der Waals surface area contributed by atoms with Crippen molar-refractivity contribution in [2.24, 2.45) is 0 Å². The van der Waals surface area contributed by atoms with Crippen molar-refractivity contribution in [2.45, 2.75) is 32.7 Å². The minimum absolute atomic E-state index is 0.268. The Labute approximate surface area is 120 Å². The summed E-state index contributed by atoms with van der Waals surface area (Å²) in [4.78, 5) is 14.6. The van der Waals surface area contributed by atoms with Gasteiger partial charge in [0.1, 0.15) is 0 Å². The Kier molecular flexibility index (Phi) is 5.06. The highest BCUT2D eigenvalue weighted by atomic mass is 32.2. The van der Waals surface area contributed by atoms with Crippen molar-refractivity contribution in [3.63, 3.8) is 0 Å². The molecule has 2 nitrogen and oxygen atoms in total. The lowest BCUT2D eigenvalue weighted by molar-refractivity contribution is 0.0962. The summed E-state index contributed by atoms with van der Waals surface area (Å²) >= 11 is 2.02. The van der Waals surface area contributed by atoms with Crippen LogP contribution in [-0.2, 0) is 0 Å². The van der Waals surface area contributed by atoms with E-state index in [1.807, 2.05) is 37.7 Å². The number of hydrogen-bond acceptors (Lipinski definition) is 3. The van der Waals surface area contributed by atoms with Gasteiger partial charge in [-0.3, -0.25) is 4.79 Å². The Morgan fingerprint density at radius 1 is 1.32 bits per heavy atom. The molecule has 1 fully saturated rings. The first kappa shape index (κ1) is 14.6. The molecule has 19 heavy (non-hydrogen) atoms. The summed E-state index contributed by atoms with van der Waals surface area (Å²) in [6, 6.07) is 6.78. The Bertz CT molecular complexity index is 432. The van der Waals surface area contributed by atoms with E-state index in [9.17, 15) is 4.79 Å². The van der Waals surface area contributed by atoms with Crippen molar-refractivity contribution in [3.05, 3.63) is 34.9 Å². The van der Waals surface area contributed by atoms with Gasteiger partial charge in [-0.25, -0.2) is 0 Å². The molecule has 3 heteroatoms. The van der Waals surface area contributed by atoms with Gasteiger partial charge in [-0.1, -0.05) is 17.2 Å². The minimum atomic E-state index is 0.268. The number of carbonyl (C=O) groups excluding carboxylic acids is 1. The van der Waals surface area contributed by atoms with Crippen LogP contribution < -0.4 is 0 Å². The van der Waals surface area contributed by atoms with Crippen LogP contribution in [0.2, 0.25) is 0 Å². The molecular formula is C16H23NOS. The van der Waals surface area contributed by atoms with Gasteiger partial charge in [0, 0.05) is 30.3 Å². The van der Waals surface area contributed by atoms with Gasteiger partial charge in [-0.05, 0) is 45.2 Å². The maximum atomic E-state index is 12.2. The summed E-state index contributed by atoms with van der Waals surface area (Å²) in [6.07, 6.45) is 1.89. The van der Waals surface area contributed by atoms with Crippen LogP contribution in [0.1, 0.15) is 34.3 Å². The van der Waals surface area contributed by atoms with Crippen LogP contribution in [0.5, 0.6) is 0 Å². The van der Waals surface area contributed by atoms with Crippen molar-refractivity contribution in [2.75, 3.05) is 25.1 Å². The first-order valence-electron chi connectivity index (χ1n) is 6.96. The number of benzene rings is 1. The molecule has 1 atom stereocenters. The first-order valence-corrected chi connectivity index (χ1v) is 8.11. The average molecular weight is 277 g/mol. The molecule has 1 heterocycles. The zero-order chi connectivity index (χ0) is 13.8. The third kappa shape index (κ3) is 4.08. The quantitative estimate of drug-likeness (QED) is 0.770. The summed E-state index contributed by atoms with van der Waals surface area (Å²) in [6.45, 7) is 4.97. The Hall–Kier alpha value is -0.800. The molecule has 1 saturated heterocycles. The lowest BCUT2D eigenvalue weighted by Gasteiger charge is -2.22. The predicted octanol–water partition coefficient (Wildman–Crippen LogP) is 3.31. The second kappa shape index (κ2) is 6.58. The van der Waals surface area contributed by atoms with Gasteiger partial charge in [0.25, 0.3) is 0 Å². The third-order valence-electron chi connectivity index (χ3n) is 3.76. The highest BCUT2D eigenvalue weighted by molar-refractivity contribution is 7.99. The van der Waals surface area contributed by atoms with Crippen molar-refractivity contribution >= 4 is 17.5 Å². The van der Waals surface area contributed by atoms with E-state index in [-0.39, 0.29) is 5.78 Å². The lowest BCUT2D eigenvalue weighted by atomic mass is 10.0.